The smallest absolute Gasteiger partial charge is 0.363 e. The number of benzene rings is 1. The second-order valence-electron chi connectivity index (χ2n) is 10.9. The molecule has 0 radical (unpaired) electrons. The Kier molecular flexibility index (Phi) is 5.22. The van der Waals surface area contributed by atoms with Crippen LogP contribution in [0.25, 0.3) is 0 Å². The monoisotopic (exact) mass is 504 g/mol. The molecule has 1 aromatic carbocycles. The van der Waals surface area contributed by atoms with Crippen molar-refractivity contribution in [2.75, 3.05) is 40.9 Å². The number of amides is 3. The number of piperidine rings is 1. The van der Waals surface area contributed by atoms with Crippen LogP contribution >= 0.6 is 0 Å². The number of hydrogen-bond donors (Lipinski definition) is 1. The van der Waals surface area contributed by atoms with Crippen LogP contribution in [-0.4, -0.2) is 59.8 Å². The van der Waals surface area contributed by atoms with Gasteiger partial charge in [-0.2, -0.15) is 0 Å². The molecule has 11 nitrogen and oxygen atoms in total. The summed E-state index contributed by atoms with van der Waals surface area (Å²) >= 11 is 0. The summed E-state index contributed by atoms with van der Waals surface area (Å²) in [5.41, 5.74) is 2.83. The van der Waals surface area contributed by atoms with Gasteiger partial charge in [0.05, 0.1) is 16.8 Å². The number of nitrogens with one attached hydrogen (secondary N) is 1. The fourth-order valence-corrected chi connectivity index (χ4v) is 6.09. The van der Waals surface area contributed by atoms with E-state index in [1.807, 2.05) is 32.0 Å². The third-order valence-electron chi connectivity index (χ3n) is 8.29. The zero-order valence-corrected chi connectivity index (χ0v) is 20.7. The lowest BCUT2D eigenvalue weighted by Crippen LogP contribution is -2.60. The molecule has 1 N–H and O–H groups in total. The third kappa shape index (κ3) is 3.63. The Hall–Kier alpha value is -4.02. The maximum absolute atomic E-state index is 13.5. The van der Waals surface area contributed by atoms with Crippen LogP contribution in [0.2, 0.25) is 0 Å². The summed E-state index contributed by atoms with van der Waals surface area (Å²) in [6, 6.07) is 8.38. The third-order valence-corrected chi connectivity index (χ3v) is 8.29. The van der Waals surface area contributed by atoms with E-state index in [2.05, 4.69) is 20.1 Å². The first-order valence-corrected chi connectivity index (χ1v) is 12.6. The summed E-state index contributed by atoms with van der Waals surface area (Å²) in [6.07, 6.45) is 2.10. The Balaban J connectivity index is 1.15. The highest BCUT2D eigenvalue weighted by atomic mass is 16.6. The standard InChI is InChI=1S/C26H28N6O5/c1-26(2)23-18(4-3-5-19(23)31(25(26)35)20-7-9-22(33)28-24(20)34)30-13-16(14-30)15-11-29(12-15)17-6-8-21(27-10-17)32(36)37/h3-6,8,10,15-16,20H,7,9,11-14H2,1-2H3,(H,28,33,34). The highest BCUT2D eigenvalue weighted by Gasteiger charge is 2.51. The van der Waals surface area contributed by atoms with Gasteiger partial charge in [0.1, 0.15) is 6.04 Å². The van der Waals surface area contributed by atoms with E-state index in [-0.39, 0.29) is 24.1 Å². The number of nitro groups is 1. The number of imide groups is 1. The van der Waals surface area contributed by atoms with Crippen LogP contribution < -0.4 is 20.0 Å². The van der Waals surface area contributed by atoms with Gasteiger partial charge in [-0.15, -0.1) is 0 Å². The normalized spacial score (nSPS) is 23.5. The number of nitrogens with zero attached hydrogens (tertiary/aromatic N) is 5. The maximum Gasteiger partial charge on any atom is 0.363 e. The number of pyridine rings is 1. The molecule has 37 heavy (non-hydrogen) atoms. The van der Waals surface area contributed by atoms with Crippen LogP contribution in [-0.2, 0) is 19.8 Å². The molecule has 0 saturated carbocycles. The molecule has 3 saturated heterocycles. The first-order chi connectivity index (χ1) is 17.6. The Morgan fingerprint density at radius 2 is 1.68 bits per heavy atom. The Bertz CT molecular complexity index is 1310. The molecule has 0 aliphatic carbocycles. The van der Waals surface area contributed by atoms with Crippen molar-refractivity contribution in [1.29, 1.82) is 0 Å². The quantitative estimate of drug-likeness (QED) is 0.372. The van der Waals surface area contributed by atoms with E-state index >= 15 is 0 Å². The first-order valence-electron chi connectivity index (χ1n) is 12.6. The highest BCUT2D eigenvalue weighted by Crippen LogP contribution is 2.49. The summed E-state index contributed by atoms with van der Waals surface area (Å²) in [4.78, 5) is 58.1. The van der Waals surface area contributed by atoms with Crippen molar-refractivity contribution in [3.05, 3.63) is 52.2 Å². The number of carbonyl (C=O) groups is 3. The van der Waals surface area contributed by atoms with Gasteiger partial charge in [0.15, 0.2) is 6.20 Å². The van der Waals surface area contributed by atoms with Gasteiger partial charge in [-0.25, -0.2) is 0 Å². The number of rotatable bonds is 5. The molecule has 0 bridgehead atoms. The Morgan fingerprint density at radius 1 is 1.00 bits per heavy atom. The maximum atomic E-state index is 13.5. The van der Waals surface area contributed by atoms with Gasteiger partial charge < -0.3 is 19.9 Å². The molecule has 3 amide bonds. The van der Waals surface area contributed by atoms with Gasteiger partial charge in [0, 0.05) is 61.8 Å². The largest absolute Gasteiger partial charge is 0.371 e. The molecule has 192 valence electrons. The Morgan fingerprint density at radius 3 is 2.30 bits per heavy atom. The van der Waals surface area contributed by atoms with Gasteiger partial charge in [0.25, 0.3) is 0 Å². The van der Waals surface area contributed by atoms with Gasteiger partial charge in [0.2, 0.25) is 17.7 Å². The molecule has 4 aliphatic rings. The average Bonchev–Trinajstić information content (AvgIpc) is 3.00. The van der Waals surface area contributed by atoms with Crippen LogP contribution in [0.1, 0.15) is 32.3 Å². The molecule has 1 aromatic heterocycles. The molecule has 1 atom stereocenters. The lowest BCUT2D eigenvalue weighted by molar-refractivity contribution is -0.389. The molecular formula is C26H28N6O5. The SMILES string of the molecule is CC1(C)C(=O)N(C2CCC(=O)NC2=O)c2cccc(N3CC(C4CN(c5ccc([N+](=O)[O-])nc5)C4)C3)c21. The van der Waals surface area contributed by atoms with Crippen LogP contribution in [0.5, 0.6) is 0 Å². The number of fused-ring (bicyclic) bond motifs is 1. The predicted molar refractivity (Wildman–Crippen MR) is 135 cm³/mol. The minimum Gasteiger partial charge on any atom is -0.371 e. The highest BCUT2D eigenvalue weighted by molar-refractivity contribution is 6.14. The van der Waals surface area contributed by atoms with Crippen LogP contribution in [0.3, 0.4) is 0 Å². The Labute approximate surface area is 213 Å². The van der Waals surface area contributed by atoms with Crippen molar-refractivity contribution in [1.82, 2.24) is 10.3 Å². The van der Waals surface area contributed by atoms with Gasteiger partial charge in [-0.1, -0.05) is 6.07 Å². The first kappa shape index (κ1) is 23.4. The zero-order valence-electron chi connectivity index (χ0n) is 20.7. The number of aromatic nitrogens is 1. The number of anilines is 3. The van der Waals surface area contributed by atoms with E-state index < -0.39 is 22.3 Å². The molecule has 1 unspecified atom stereocenters. The molecule has 6 rings (SSSR count). The van der Waals surface area contributed by atoms with Crippen molar-refractivity contribution >= 4 is 40.6 Å². The minimum absolute atomic E-state index is 0.118. The van der Waals surface area contributed by atoms with Crippen molar-refractivity contribution in [3.63, 3.8) is 0 Å². The second-order valence-corrected chi connectivity index (χ2v) is 10.9. The van der Waals surface area contributed by atoms with Crippen molar-refractivity contribution in [2.45, 2.75) is 38.1 Å². The van der Waals surface area contributed by atoms with Crippen LogP contribution in [0.15, 0.2) is 36.5 Å². The molecular weight excluding hydrogens is 476 g/mol. The topological polar surface area (TPSA) is 129 Å². The zero-order chi connectivity index (χ0) is 26.1. The summed E-state index contributed by atoms with van der Waals surface area (Å²) < 4.78 is 0. The lowest BCUT2D eigenvalue weighted by Gasteiger charge is -2.52. The van der Waals surface area contributed by atoms with E-state index in [0.29, 0.717) is 18.3 Å². The fraction of sp³-hybridized carbons (Fsp3) is 0.462. The fourth-order valence-electron chi connectivity index (χ4n) is 6.09. The van der Waals surface area contributed by atoms with E-state index in [1.165, 1.54) is 6.07 Å². The second kappa shape index (κ2) is 8.25. The molecule has 5 heterocycles. The predicted octanol–water partition coefficient (Wildman–Crippen LogP) is 1.99. The number of hydrogen-bond acceptors (Lipinski definition) is 8. The molecule has 2 aromatic rings. The van der Waals surface area contributed by atoms with Crippen molar-refractivity contribution in [2.24, 2.45) is 11.8 Å². The molecule has 11 heteroatoms. The van der Waals surface area contributed by atoms with E-state index in [1.54, 1.807) is 17.2 Å². The summed E-state index contributed by atoms with van der Waals surface area (Å²) in [5.74, 6) is 0.0613. The molecule has 3 fully saturated rings. The van der Waals surface area contributed by atoms with E-state index in [4.69, 9.17) is 0 Å². The van der Waals surface area contributed by atoms with Gasteiger partial charge >= 0.3 is 5.82 Å². The van der Waals surface area contributed by atoms with Crippen LogP contribution in [0.4, 0.5) is 22.9 Å². The summed E-state index contributed by atoms with van der Waals surface area (Å²) in [6.45, 7) is 7.36. The summed E-state index contributed by atoms with van der Waals surface area (Å²) in [5, 5.41) is 13.2. The van der Waals surface area contributed by atoms with Crippen LogP contribution in [0, 0.1) is 22.0 Å². The minimum atomic E-state index is -0.783. The average molecular weight is 505 g/mol. The lowest BCUT2D eigenvalue weighted by atomic mass is 9.78. The van der Waals surface area contributed by atoms with Gasteiger partial charge in [-0.3, -0.25) is 24.6 Å². The molecule has 0 spiro atoms. The van der Waals surface area contributed by atoms with Crippen molar-refractivity contribution in [3.8, 4) is 0 Å². The number of carbonyl (C=O) groups excluding carboxylic acids is 3. The summed E-state index contributed by atoms with van der Waals surface area (Å²) in [7, 11) is 0. The van der Waals surface area contributed by atoms with Crippen molar-refractivity contribution < 1.29 is 19.3 Å². The van der Waals surface area contributed by atoms with E-state index in [0.717, 1.165) is 48.8 Å². The van der Waals surface area contributed by atoms with Gasteiger partial charge in [-0.05, 0) is 48.4 Å². The molecule has 4 aliphatic heterocycles. The van der Waals surface area contributed by atoms with E-state index in [9.17, 15) is 24.5 Å².